The second kappa shape index (κ2) is 5.62. The monoisotopic (exact) mass is 316 g/mol. The second-order valence-corrected chi connectivity index (χ2v) is 8.86. The molecule has 0 fully saturated rings. The molecule has 3 aromatic carbocycles. The predicted molar refractivity (Wildman–Crippen MR) is 102 cm³/mol. The quantitative estimate of drug-likeness (QED) is 0.492. The predicted octanol–water partition coefficient (Wildman–Crippen LogP) is 6.37. The first-order valence-electron chi connectivity index (χ1n) is 8.18. The van der Waals surface area contributed by atoms with E-state index in [-0.39, 0.29) is 5.16 Å². The highest BCUT2D eigenvalue weighted by Crippen LogP contribution is 2.59. The van der Waals surface area contributed by atoms with E-state index in [1.54, 1.807) is 0 Å². The number of hydrogen-bond donors (Lipinski definition) is 0. The van der Waals surface area contributed by atoms with Gasteiger partial charge in [0, 0.05) is 10.8 Å². The van der Waals surface area contributed by atoms with E-state index in [2.05, 4.69) is 92.7 Å². The molecule has 1 aliphatic carbocycles. The minimum Gasteiger partial charge on any atom is -0.0991 e. The second-order valence-electron chi connectivity index (χ2n) is 6.74. The Morgan fingerprint density at radius 2 is 1.13 bits per heavy atom. The Bertz CT molecular complexity index is 788. The molecule has 0 nitrogen and oxygen atoms in total. The molecule has 3 aromatic rings. The van der Waals surface area contributed by atoms with Crippen molar-refractivity contribution in [1.82, 2.24) is 0 Å². The van der Waals surface area contributed by atoms with Crippen molar-refractivity contribution in [2.24, 2.45) is 0 Å². The molecule has 0 heterocycles. The maximum atomic E-state index is 2.38. The highest BCUT2D eigenvalue weighted by atomic mass is 31.1. The summed E-state index contributed by atoms with van der Waals surface area (Å²) in [5, 5.41) is 0.177. The summed E-state index contributed by atoms with van der Waals surface area (Å²) in [4.78, 5) is 0. The van der Waals surface area contributed by atoms with Crippen LogP contribution in [0.1, 0.15) is 36.2 Å². The SMILES string of the molecule is CC(C)(PC1c2ccccc2-c2ccccc21)c1ccccc1. The van der Waals surface area contributed by atoms with Gasteiger partial charge in [-0.1, -0.05) is 101 Å². The molecule has 0 radical (unpaired) electrons. The molecule has 0 amide bonds. The molecule has 0 spiro atoms. The van der Waals surface area contributed by atoms with E-state index in [4.69, 9.17) is 0 Å². The largest absolute Gasteiger partial charge is 0.0991 e. The highest BCUT2D eigenvalue weighted by molar-refractivity contribution is 7.40. The van der Waals surface area contributed by atoms with Crippen molar-refractivity contribution in [3.8, 4) is 11.1 Å². The lowest BCUT2D eigenvalue weighted by Crippen LogP contribution is -2.12. The molecule has 1 unspecified atom stereocenters. The van der Waals surface area contributed by atoms with E-state index in [1.807, 2.05) is 0 Å². The number of benzene rings is 3. The lowest BCUT2D eigenvalue weighted by Gasteiger charge is -2.30. The normalized spacial score (nSPS) is 14.2. The van der Waals surface area contributed by atoms with Crippen molar-refractivity contribution >= 4 is 8.58 Å². The van der Waals surface area contributed by atoms with Gasteiger partial charge < -0.3 is 0 Å². The van der Waals surface area contributed by atoms with Gasteiger partial charge >= 0.3 is 0 Å². The van der Waals surface area contributed by atoms with Gasteiger partial charge in [-0.2, -0.15) is 0 Å². The van der Waals surface area contributed by atoms with E-state index in [1.165, 1.54) is 27.8 Å². The zero-order chi connectivity index (χ0) is 15.9. The molecule has 0 aromatic heterocycles. The van der Waals surface area contributed by atoms with Crippen LogP contribution in [0.2, 0.25) is 0 Å². The Labute approximate surface area is 140 Å². The first kappa shape index (κ1) is 14.7. The summed E-state index contributed by atoms with van der Waals surface area (Å²) in [6, 6.07) is 28.8. The van der Waals surface area contributed by atoms with Crippen molar-refractivity contribution < 1.29 is 0 Å². The smallest absolute Gasteiger partial charge is 0.0283 e. The summed E-state index contributed by atoms with van der Waals surface area (Å²) in [5.41, 5.74) is 7.78. The summed E-state index contributed by atoms with van der Waals surface area (Å²) in [6.07, 6.45) is 0. The number of hydrogen-bond acceptors (Lipinski definition) is 0. The van der Waals surface area contributed by atoms with Gasteiger partial charge in [-0.05, 0) is 27.8 Å². The van der Waals surface area contributed by atoms with Gasteiger partial charge in [0.25, 0.3) is 0 Å². The van der Waals surface area contributed by atoms with E-state index < -0.39 is 0 Å². The van der Waals surface area contributed by atoms with Crippen LogP contribution in [0.3, 0.4) is 0 Å². The summed E-state index contributed by atoms with van der Waals surface area (Å²) in [5.74, 6) is 0. The van der Waals surface area contributed by atoms with Gasteiger partial charge in [0.1, 0.15) is 0 Å². The first-order chi connectivity index (χ1) is 11.2. The maximum Gasteiger partial charge on any atom is 0.0283 e. The Morgan fingerprint density at radius 1 is 0.652 bits per heavy atom. The fourth-order valence-electron chi connectivity index (χ4n) is 3.61. The Morgan fingerprint density at radius 3 is 1.70 bits per heavy atom. The van der Waals surface area contributed by atoms with Gasteiger partial charge in [-0.25, -0.2) is 0 Å². The fourth-order valence-corrected chi connectivity index (χ4v) is 5.48. The van der Waals surface area contributed by atoms with Crippen LogP contribution in [-0.4, -0.2) is 0 Å². The van der Waals surface area contributed by atoms with Gasteiger partial charge in [-0.15, -0.1) is 0 Å². The topological polar surface area (TPSA) is 0 Å². The summed E-state index contributed by atoms with van der Waals surface area (Å²) in [7, 11) is 0.824. The fraction of sp³-hybridized carbons (Fsp3) is 0.182. The number of fused-ring (bicyclic) bond motifs is 3. The van der Waals surface area contributed by atoms with Crippen molar-refractivity contribution in [3.05, 3.63) is 95.6 Å². The van der Waals surface area contributed by atoms with Crippen LogP contribution >= 0.6 is 8.58 Å². The van der Waals surface area contributed by atoms with Gasteiger partial charge in [0.05, 0.1) is 0 Å². The van der Waals surface area contributed by atoms with Crippen LogP contribution in [0.25, 0.3) is 11.1 Å². The molecule has 23 heavy (non-hydrogen) atoms. The third-order valence-corrected chi connectivity index (χ3v) is 6.76. The molecule has 0 saturated heterocycles. The third-order valence-electron chi connectivity index (χ3n) is 4.83. The van der Waals surface area contributed by atoms with Crippen molar-refractivity contribution in [3.63, 3.8) is 0 Å². The molecule has 114 valence electrons. The molecular weight excluding hydrogens is 295 g/mol. The van der Waals surface area contributed by atoms with Crippen LogP contribution in [0, 0.1) is 0 Å². The first-order valence-corrected chi connectivity index (χ1v) is 9.26. The van der Waals surface area contributed by atoms with E-state index >= 15 is 0 Å². The van der Waals surface area contributed by atoms with Crippen LogP contribution in [0.4, 0.5) is 0 Å². The lowest BCUT2D eigenvalue weighted by atomic mass is 10.0. The zero-order valence-electron chi connectivity index (χ0n) is 13.6. The van der Waals surface area contributed by atoms with Gasteiger partial charge in [-0.3, -0.25) is 0 Å². The van der Waals surface area contributed by atoms with E-state index in [0.29, 0.717) is 5.66 Å². The van der Waals surface area contributed by atoms with Crippen molar-refractivity contribution in [2.75, 3.05) is 0 Å². The average molecular weight is 316 g/mol. The van der Waals surface area contributed by atoms with Crippen LogP contribution in [-0.2, 0) is 5.16 Å². The van der Waals surface area contributed by atoms with Crippen LogP contribution < -0.4 is 0 Å². The number of rotatable bonds is 3. The van der Waals surface area contributed by atoms with Gasteiger partial charge in [0.15, 0.2) is 0 Å². The summed E-state index contributed by atoms with van der Waals surface area (Å²) < 4.78 is 0. The van der Waals surface area contributed by atoms with Crippen LogP contribution in [0.15, 0.2) is 78.9 Å². The highest BCUT2D eigenvalue weighted by Gasteiger charge is 2.33. The Balaban J connectivity index is 1.78. The summed E-state index contributed by atoms with van der Waals surface area (Å²) >= 11 is 0. The molecule has 0 N–H and O–H groups in total. The average Bonchev–Trinajstić information content (AvgIpc) is 2.90. The van der Waals surface area contributed by atoms with E-state index in [9.17, 15) is 0 Å². The minimum absolute atomic E-state index is 0.177. The van der Waals surface area contributed by atoms with Gasteiger partial charge in [0.2, 0.25) is 0 Å². The van der Waals surface area contributed by atoms with Crippen molar-refractivity contribution in [2.45, 2.75) is 24.7 Å². The van der Waals surface area contributed by atoms with Crippen LogP contribution in [0.5, 0.6) is 0 Å². The lowest BCUT2D eigenvalue weighted by molar-refractivity contribution is 0.766. The molecule has 4 rings (SSSR count). The molecule has 0 aliphatic heterocycles. The zero-order valence-corrected chi connectivity index (χ0v) is 14.6. The molecule has 0 bridgehead atoms. The standard InChI is InChI=1S/C22H21P/c1-22(2,16-10-4-3-5-11-16)23-21-19-14-8-6-12-17(19)18-13-7-9-15-20(18)21/h3-15,21,23H,1-2H3. The molecule has 1 aliphatic rings. The third kappa shape index (κ3) is 2.52. The Kier molecular flexibility index (Phi) is 3.58. The molecule has 1 atom stereocenters. The van der Waals surface area contributed by atoms with E-state index in [0.717, 1.165) is 8.58 Å². The minimum atomic E-state index is 0.177. The summed E-state index contributed by atoms with van der Waals surface area (Å²) in [6.45, 7) is 4.76. The molecule has 1 heteroatoms. The van der Waals surface area contributed by atoms with Crippen molar-refractivity contribution in [1.29, 1.82) is 0 Å². The Hall–Kier alpha value is -1.91. The molecule has 0 saturated carbocycles. The molecular formula is C22H21P. The maximum absolute atomic E-state index is 2.38.